The van der Waals surface area contributed by atoms with Gasteiger partial charge in [-0.3, -0.25) is 9.69 Å². The van der Waals surface area contributed by atoms with Crippen molar-refractivity contribution in [2.45, 2.75) is 31.7 Å². The van der Waals surface area contributed by atoms with Gasteiger partial charge in [0, 0.05) is 19.0 Å². The number of hydrogen-bond donors (Lipinski definition) is 0. The normalized spacial score (nSPS) is 17.2. The number of rotatable bonds is 7. The van der Waals surface area contributed by atoms with E-state index in [-0.39, 0.29) is 24.8 Å². The second kappa shape index (κ2) is 9.00. The summed E-state index contributed by atoms with van der Waals surface area (Å²) in [6.45, 7) is 1.41. The Kier molecular flexibility index (Phi) is 6.72. The van der Waals surface area contributed by atoms with Crippen LogP contribution in [0.2, 0.25) is 0 Å². The van der Waals surface area contributed by atoms with Crippen LogP contribution in [0.15, 0.2) is 24.3 Å². The summed E-state index contributed by atoms with van der Waals surface area (Å²) >= 11 is 0. The summed E-state index contributed by atoms with van der Waals surface area (Å²) in [5.41, 5.74) is 0.966. The summed E-state index contributed by atoms with van der Waals surface area (Å²) in [4.78, 5) is 15.7. The van der Waals surface area contributed by atoms with Crippen LogP contribution in [0.1, 0.15) is 24.8 Å². The number of nitriles is 2. The number of benzene rings is 1. The highest BCUT2D eigenvalue weighted by Gasteiger charge is 2.25. The monoisotopic (exact) mass is 328 g/mol. The fraction of sp³-hybridized carbons (Fsp3) is 0.500. The topological polar surface area (TPSA) is 71.1 Å². The molecule has 24 heavy (non-hydrogen) atoms. The van der Waals surface area contributed by atoms with Gasteiger partial charge >= 0.3 is 0 Å². The van der Waals surface area contributed by atoms with Crippen LogP contribution in [-0.4, -0.2) is 47.9 Å². The molecule has 1 saturated heterocycles. The van der Waals surface area contributed by atoms with E-state index in [2.05, 4.69) is 4.90 Å². The molecular weight excluding hydrogens is 307 g/mol. The van der Waals surface area contributed by atoms with E-state index >= 15 is 0 Å². The van der Waals surface area contributed by atoms with Crippen molar-refractivity contribution in [1.29, 1.82) is 10.5 Å². The molecule has 6 heteroatoms. The van der Waals surface area contributed by atoms with Gasteiger partial charge in [-0.15, -0.1) is 0 Å². The number of likely N-dealkylation sites (tertiary alicyclic amines) is 1. The maximum atomic E-state index is 13.3. The summed E-state index contributed by atoms with van der Waals surface area (Å²) in [7, 11) is 0. The summed E-state index contributed by atoms with van der Waals surface area (Å²) in [6, 6.07) is 10.8. The maximum Gasteiger partial charge on any atom is 0.225 e. The van der Waals surface area contributed by atoms with Crippen molar-refractivity contribution in [3.63, 3.8) is 0 Å². The van der Waals surface area contributed by atoms with Crippen LogP contribution in [0, 0.1) is 28.5 Å². The standard InChI is InChI=1S/C18H21FN4O/c19-16-4-1-3-15(13-16)14-17-5-2-9-22(17)10-6-18(24)23(11-7-20)12-8-21/h1,3-4,13,17H,2,5-6,9-12,14H2/t17-/m0/s1. The van der Waals surface area contributed by atoms with Crippen LogP contribution in [0.4, 0.5) is 4.39 Å². The second-order valence-electron chi connectivity index (χ2n) is 5.98. The molecule has 0 N–H and O–H groups in total. The lowest BCUT2D eigenvalue weighted by molar-refractivity contribution is -0.130. The van der Waals surface area contributed by atoms with Crippen molar-refractivity contribution < 1.29 is 9.18 Å². The third-order valence-electron chi connectivity index (χ3n) is 4.35. The van der Waals surface area contributed by atoms with Gasteiger partial charge < -0.3 is 4.90 Å². The minimum atomic E-state index is -0.226. The van der Waals surface area contributed by atoms with E-state index in [0.717, 1.165) is 31.4 Å². The minimum Gasteiger partial charge on any atom is -0.316 e. The molecule has 0 radical (unpaired) electrons. The Hall–Kier alpha value is -2.44. The Morgan fingerprint density at radius 2 is 2.08 bits per heavy atom. The first-order chi connectivity index (χ1) is 11.6. The van der Waals surface area contributed by atoms with E-state index in [1.807, 2.05) is 18.2 Å². The second-order valence-corrected chi connectivity index (χ2v) is 5.98. The molecule has 0 aromatic heterocycles. The van der Waals surface area contributed by atoms with Crippen LogP contribution in [0.3, 0.4) is 0 Å². The Bertz CT molecular complexity index is 633. The number of nitrogens with zero attached hydrogens (tertiary/aromatic N) is 4. The minimum absolute atomic E-state index is 0.0564. The largest absolute Gasteiger partial charge is 0.316 e. The zero-order valence-corrected chi connectivity index (χ0v) is 13.6. The van der Waals surface area contributed by atoms with Crippen LogP contribution < -0.4 is 0 Å². The fourth-order valence-corrected chi connectivity index (χ4v) is 3.16. The predicted octanol–water partition coefficient (Wildman–Crippen LogP) is 2.10. The number of carbonyl (C=O) groups excluding carboxylic acids is 1. The van der Waals surface area contributed by atoms with Gasteiger partial charge in [0.15, 0.2) is 0 Å². The quantitative estimate of drug-likeness (QED) is 0.719. The predicted molar refractivity (Wildman–Crippen MR) is 87.1 cm³/mol. The number of amides is 1. The SMILES string of the molecule is N#CCN(CC#N)C(=O)CCN1CCC[C@H]1Cc1cccc(F)c1. The van der Waals surface area contributed by atoms with Gasteiger partial charge in [0.1, 0.15) is 18.9 Å². The molecule has 0 aliphatic carbocycles. The molecule has 0 unspecified atom stereocenters. The van der Waals surface area contributed by atoms with Gasteiger partial charge in [-0.2, -0.15) is 10.5 Å². The lowest BCUT2D eigenvalue weighted by Crippen LogP contribution is -2.37. The highest BCUT2D eigenvalue weighted by molar-refractivity contribution is 5.76. The molecule has 1 aromatic carbocycles. The molecule has 1 heterocycles. The molecular formula is C18H21FN4O. The summed E-state index contributed by atoms with van der Waals surface area (Å²) in [6.07, 6.45) is 3.16. The molecule has 2 rings (SSSR count). The number of carbonyl (C=O) groups is 1. The Morgan fingerprint density at radius 1 is 1.33 bits per heavy atom. The van der Waals surface area contributed by atoms with E-state index < -0.39 is 0 Å². The van der Waals surface area contributed by atoms with Crippen molar-refractivity contribution in [3.05, 3.63) is 35.6 Å². The first kappa shape index (κ1) is 17.9. The van der Waals surface area contributed by atoms with Crippen molar-refractivity contribution in [2.75, 3.05) is 26.2 Å². The van der Waals surface area contributed by atoms with Gasteiger partial charge in [-0.05, 0) is 43.5 Å². The molecule has 1 atom stereocenters. The smallest absolute Gasteiger partial charge is 0.225 e. The van der Waals surface area contributed by atoms with Crippen LogP contribution in [0.25, 0.3) is 0 Å². The van der Waals surface area contributed by atoms with Gasteiger partial charge in [-0.1, -0.05) is 12.1 Å². The average Bonchev–Trinajstić information content (AvgIpc) is 2.99. The molecule has 1 fully saturated rings. The summed E-state index contributed by atoms with van der Waals surface area (Å²) < 4.78 is 13.3. The average molecular weight is 328 g/mol. The summed E-state index contributed by atoms with van der Waals surface area (Å²) in [5, 5.41) is 17.5. The van der Waals surface area contributed by atoms with E-state index in [1.54, 1.807) is 12.1 Å². The summed E-state index contributed by atoms with van der Waals surface area (Å²) in [5.74, 6) is -0.398. The van der Waals surface area contributed by atoms with E-state index in [9.17, 15) is 9.18 Å². The van der Waals surface area contributed by atoms with Gasteiger partial charge in [0.25, 0.3) is 0 Å². The van der Waals surface area contributed by atoms with Gasteiger partial charge in [0.05, 0.1) is 12.1 Å². The molecule has 1 amide bonds. The van der Waals surface area contributed by atoms with Crippen molar-refractivity contribution in [2.24, 2.45) is 0 Å². The molecule has 0 spiro atoms. The lowest BCUT2D eigenvalue weighted by atomic mass is 10.0. The molecule has 5 nitrogen and oxygen atoms in total. The molecule has 1 aromatic rings. The van der Waals surface area contributed by atoms with E-state index in [4.69, 9.17) is 10.5 Å². The molecule has 1 aliphatic heterocycles. The first-order valence-corrected chi connectivity index (χ1v) is 8.14. The zero-order chi connectivity index (χ0) is 17.4. The fourth-order valence-electron chi connectivity index (χ4n) is 3.16. The number of halogens is 1. The zero-order valence-electron chi connectivity index (χ0n) is 13.6. The molecule has 0 bridgehead atoms. The first-order valence-electron chi connectivity index (χ1n) is 8.14. The lowest BCUT2D eigenvalue weighted by Gasteiger charge is -2.25. The molecule has 1 aliphatic rings. The Balaban J connectivity index is 1.88. The van der Waals surface area contributed by atoms with Crippen LogP contribution >= 0.6 is 0 Å². The van der Waals surface area contributed by atoms with Gasteiger partial charge in [-0.25, -0.2) is 4.39 Å². The Morgan fingerprint density at radius 3 is 2.75 bits per heavy atom. The maximum absolute atomic E-state index is 13.3. The third kappa shape index (κ3) is 5.04. The molecule has 126 valence electrons. The van der Waals surface area contributed by atoms with Crippen LogP contribution in [-0.2, 0) is 11.2 Å². The van der Waals surface area contributed by atoms with Crippen molar-refractivity contribution in [1.82, 2.24) is 9.80 Å². The Labute approximate surface area is 141 Å². The van der Waals surface area contributed by atoms with Crippen molar-refractivity contribution >= 4 is 5.91 Å². The highest BCUT2D eigenvalue weighted by atomic mass is 19.1. The van der Waals surface area contributed by atoms with E-state index in [1.165, 1.54) is 11.0 Å². The number of hydrogen-bond acceptors (Lipinski definition) is 4. The highest BCUT2D eigenvalue weighted by Crippen LogP contribution is 2.21. The van der Waals surface area contributed by atoms with Gasteiger partial charge in [0.2, 0.25) is 5.91 Å². The third-order valence-corrected chi connectivity index (χ3v) is 4.35. The molecule has 0 saturated carbocycles. The van der Waals surface area contributed by atoms with Crippen LogP contribution in [0.5, 0.6) is 0 Å². The van der Waals surface area contributed by atoms with Crippen molar-refractivity contribution in [3.8, 4) is 12.1 Å². The van der Waals surface area contributed by atoms with E-state index in [0.29, 0.717) is 19.0 Å².